The van der Waals surface area contributed by atoms with Crippen LogP contribution in [0.15, 0.2) is 212 Å². The van der Waals surface area contributed by atoms with Gasteiger partial charge in [-0.1, -0.05) is 200 Å². The molecule has 3 fully saturated rings. The van der Waals surface area contributed by atoms with Gasteiger partial charge in [-0.25, -0.2) is 9.59 Å². The van der Waals surface area contributed by atoms with Crippen LogP contribution >= 0.6 is 0 Å². The smallest absolute Gasteiger partial charge is 0.339 e. The number of methoxy groups -OCH3 is 1. The van der Waals surface area contributed by atoms with Crippen molar-refractivity contribution in [1.82, 2.24) is 0 Å². The van der Waals surface area contributed by atoms with Crippen LogP contribution in [0.3, 0.4) is 0 Å². The van der Waals surface area contributed by atoms with Crippen LogP contribution in [0.4, 0.5) is 0 Å². The van der Waals surface area contributed by atoms with Crippen molar-refractivity contribution in [2.24, 2.45) is 0 Å². The van der Waals surface area contributed by atoms with E-state index in [4.69, 9.17) is 66.3 Å². The summed E-state index contributed by atoms with van der Waals surface area (Å²) >= 11 is 0. The molecule has 0 saturated carbocycles. The molecule has 10 rings (SSSR count). The molecule has 0 aromatic heterocycles. The lowest BCUT2D eigenvalue weighted by atomic mass is 9.95. The molecule has 14 atom stereocenters. The SMILES string of the molecule is COC(=O)[C@H]1O[C@H](O)[C@H](O[C@@H]2O[C@H](COCc3ccccc3)[C@H](OCc3ccccc3)[C@H](OCc3ccccc3)[C@H]2OC(=O)c2ccccc2)[C@@H](O[C@@H]2OC[C@@H](OCc3ccccc3)[C@H](OCc3ccccc3)[C@H]2OCc2ccccc2)[C@@H]1OC(C)=O. The minimum Gasteiger partial charge on any atom is -0.467 e. The molecule has 3 saturated heterocycles. The van der Waals surface area contributed by atoms with Crippen LogP contribution in [0, 0.1) is 0 Å². The fourth-order valence-corrected chi connectivity index (χ4v) is 10.6. The number of hydrogen-bond donors (Lipinski definition) is 1. The molecule has 0 aliphatic carbocycles. The normalized spacial score (nSPS) is 26.3. The first-order valence-corrected chi connectivity index (χ1v) is 29.0. The highest BCUT2D eigenvalue weighted by Gasteiger charge is 2.58. The molecular weight excluding hydrogens is 1120 g/mol. The van der Waals surface area contributed by atoms with E-state index >= 15 is 0 Å². The van der Waals surface area contributed by atoms with Gasteiger partial charge in [0.1, 0.15) is 48.8 Å². The van der Waals surface area contributed by atoms with Gasteiger partial charge in [0.2, 0.25) is 0 Å². The van der Waals surface area contributed by atoms with E-state index in [2.05, 4.69) is 0 Å². The van der Waals surface area contributed by atoms with Crippen molar-refractivity contribution in [3.05, 3.63) is 251 Å². The van der Waals surface area contributed by atoms with E-state index < -0.39 is 104 Å². The first-order chi connectivity index (χ1) is 42.7. The maximum atomic E-state index is 14.6. The third-order valence-electron chi connectivity index (χ3n) is 14.9. The average Bonchev–Trinajstić information content (AvgIpc) is 1.79. The van der Waals surface area contributed by atoms with Crippen molar-refractivity contribution < 1.29 is 85.8 Å². The number of ether oxygens (including phenoxy) is 14. The van der Waals surface area contributed by atoms with Gasteiger partial charge in [-0.05, 0) is 45.5 Å². The second-order valence-electron chi connectivity index (χ2n) is 21.1. The molecule has 3 aliphatic heterocycles. The van der Waals surface area contributed by atoms with E-state index in [0.717, 1.165) is 47.4 Å². The van der Waals surface area contributed by atoms with Gasteiger partial charge in [-0.15, -0.1) is 0 Å². The maximum absolute atomic E-state index is 14.6. The standard InChI is InChI=1S/C69H72O18/c1-46(70)82-59-60(86-68-63(80-43-52-34-20-8-21-35-52)56(77-40-49-28-14-5-15-29-49)54(45-81-68)76-39-48-26-12-4-13-27-48)62(67(73)84-61(59)66(72)74-2)87-69-64(85-65(71)53-36-22-9-23-37-53)58(79-42-51-32-18-7-19-33-51)57(78-41-50-30-16-6-17-31-50)55(83-69)44-75-38-47-24-10-3-11-25-47/h3-37,54-64,67-69,73H,38-45H2,1-2H3/t54-,55-,56+,57+,58+,59+,60+,61+,62-,63-,64-,67+,68+,69+/m1/s1. The highest BCUT2D eigenvalue weighted by Crippen LogP contribution is 2.38. The largest absolute Gasteiger partial charge is 0.467 e. The van der Waals surface area contributed by atoms with Gasteiger partial charge in [0, 0.05) is 6.92 Å². The molecule has 0 amide bonds. The summed E-state index contributed by atoms with van der Waals surface area (Å²) in [5.74, 6) is -2.64. The lowest BCUT2D eigenvalue weighted by Crippen LogP contribution is -2.68. The summed E-state index contributed by atoms with van der Waals surface area (Å²) in [6.07, 6.45) is -19.8. The molecule has 18 nitrogen and oxygen atoms in total. The fraction of sp³-hybridized carbons (Fsp3) is 0.348. The van der Waals surface area contributed by atoms with Crippen molar-refractivity contribution >= 4 is 17.9 Å². The first kappa shape index (κ1) is 62.5. The third-order valence-corrected chi connectivity index (χ3v) is 14.9. The number of carbonyl (C=O) groups excluding carboxylic acids is 3. The molecule has 0 unspecified atom stereocenters. The molecule has 7 aromatic carbocycles. The molecule has 18 heteroatoms. The Labute approximate surface area is 505 Å². The molecule has 87 heavy (non-hydrogen) atoms. The van der Waals surface area contributed by atoms with Crippen LogP contribution in [-0.4, -0.2) is 129 Å². The number of aliphatic hydroxyl groups is 1. The minimum absolute atomic E-state index is 0.00357. The van der Waals surface area contributed by atoms with E-state index in [-0.39, 0.29) is 58.4 Å². The summed E-state index contributed by atoms with van der Waals surface area (Å²) in [7, 11) is 1.12. The molecule has 0 spiro atoms. The van der Waals surface area contributed by atoms with Gasteiger partial charge < -0.3 is 71.4 Å². The monoisotopic (exact) mass is 1190 g/mol. The molecular formula is C69H72O18. The molecule has 7 aromatic rings. The van der Waals surface area contributed by atoms with Gasteiger partial charge >= 0.3 is 17.9 Å². The molecule has 3 aliphatic rings. The maximum Gasteiger partial charge on any atom is 0.339 e. The summed E-state index contributed by atoms with van der Waals surface area (Å²) in [6, 6.07) is 65.5. The van der Waals surface area contributed by atoms with Crippen molar-refractivity contribution in [3.8, 4) is 0 Å². The Kier molecular flexibility index (Phi) is 22.9. The first-order valence-electron chi connectivity index (χ1n) is 29.0. The van der Waals surface area contributed by atoms with Crippen LogP contribution in [-0.2, 0) is 116 Å². The highest BCUT2D eigenvalue weighted by atomic mass is 16.8. The lowest BCUT2D eigenvalue weighted by Gasteiger charge is -2.50. The van der Waals surface area contributed by atoms with Crippen LogP contribution in [0.1, 0.15) is 50.7 Å². The number of rotatable bonds is 27. The molecule has 1 N–H and O–H groups in total. The van der Waals surface area contributed by atoms with Gasteiger partial charge in [0.05, 0.1) is 65.5 Å². The Bertz CT molecular complexity index is 3150. The lowest BCUT2D eigenvalue weighted by molar-refractivity contribution is -0.386. The highest BCUT2D eigenvalue weighted by molar-refractivity contribution is 5.89. The van der Waals surface area contributed by atoms with E-state index in [1.807, 2.05) is 182 Å². The molecule has 456 valence electrons. The summed E-state index contributed by atoms with van der Waals surface area (Å²) in [6.45, 7) is 1.52. The van der Waals surface area contributed by atoms with Gasteiger partial charge in [0.25, 0.3) is 0 Å². The zero-order chi connectivity index (χ0) is 60.2. The predicted octanol–water partition coefficient (Wildman–Crippen LogP) is 9.03. The summed E-state index contributed by atoms with van der Waals surface area (Å²) in [5, 5.41) is 12.5. The van der Waals surface area contributed by atoms with Crippen molar-refractivity contribution in [3.63, 3.8) is 0 Å². The van der Waals surface area contributed by atoms with Crippen LogP contribution < -0.4 is 0 Å². The Morgan fingerprint density at radius 2 is 0.862 bits per heavy atom. The third kappa shape index (κ3) is 17.4. The van der Waals surface area contributed by atoms with Gasteiger partial charge in [-0.2, -0.15) is 0 Å². The van der Waals surface area contributed by atoms with Crippen LogP contribution in [0.2, 0.25) is 0 Å². The van der Waals surface area contributed by atoms with E-state index in [0.29, 0.717) is 0 Å². The number of benzene rings is 7. The minimum atomic E-state index is -2.08. The van der Waals surface area contributed by atoms with Crippen molar-refractivity contribution in [2.75, 3.05) is 20.3 Å². The topological polar surface area (TPSA) is 201 Å². The summed E-state index contributed by atoms with van der Waals surface area (Å²) in [4.78, 5) is 41.9. The number of carbonyl (C=O) groups is 3. The number of esters is 3. The average molecular weight is 1190 g/mol. The van der Waals surface area contributed by atoms with Crippen molar-refractivity contribution in [2.45, 2.75) is 133 Å². The molecule has 0 bridgehead atoms. The van der Waals surface area contributed by atoms with E-state index in [9.17, 15) is 19.5 Å². The Hall–Kier alpha value is -7.53. The Balaban J connectivity index is 1.05. The second kappa shape index (κ2) is 31.9. The summed E-state index contributed by atoms with van der Waals surface area (Å²) in [5.41, 5.74) is 5.25. The fourth-order valence-electron chi connectivity index (χ4n) is 10.6. The zero-order valence-electron chi connectivity index (χ0n) is 48.3. The van der Waals surface area contributed by atoms with Crippen molar-refractivity contribution in [1.29, 1.82) is 0 Å². The van der Waals surface area contributed by atoms with Gasteiger partial charge in [-0.3, -0.25) is 4.79 Å². The summed E-state index contributed by atoms with van der Waals surface area (Å²) < 4.78 is 92.0. The second-order valence-corrected chi connectivity index (χ2v) is 21.1. The zero-order valence-corrected chi connectivity index (χ0v) is 48.3. The Morgan fingerprint density at radius 3 is 1.34 bits per heavy atom. The van der Waals surface area contributed by atoms with Crippen LogP contribution in [0.5, 0.6) is 0 Å². The van der Waals surface area contributed by atoms with E-state index in [1.54, 1.807) is 30.3 Å². The predicted molar refractivity (Wildman–Crippen MR) is 313 cm³/mol. The molecule has 0 radical (unpaired) electrons. The van der Waals surface area contributed by atoms with Crippen LogP contribution in [0.25, 0.3) is 0 Å². The number of aliphatic hydroxyl groups excluding tert-OH is 1. The Morgan fingerprint density at radius 1 is 0.437 bits per heavy atom. The quantitative estimate of drug-likeness (QED) is 0.0377. The van der Waals surface area contributed by atoms with Gasteiger partial charge in [0.15, 0.2) is 37.2 Å². The van der Waals surface area contributed by atoms with E-state index in [1.165, 1.54) is 0 Å². The molecule has 3 heterocycles. The number of hydrogen-bond acceptors (Lipinski definition) is 18.